The zero-order chi connectivity index (χ0) is 27.7. The van der Waals surface area contributed by atoms with Gasteiger partial charge in [0.2, 0.25) is 5.91 Å². The molecule has 0 bridgehead atoms. The molecule has 0 saturated heterocycles. The quantitative estimate of drug-likeness (QED) is 0.290. The molecule has 1 aromatic carbocycles. The summed E-state index contributed by atoms with van der Waals surface area (Å²) in [6.45, 7) is 1.19. The number of aromatic nitrogens is 3. The first-order chi connectivity index (χ1) is 18.6. The van der Waals surface area contributed by atoms with Gasteiger partial charge in [-0.2, -0.15) is 13.2 Å². The fraction of sp³-hybridized carbons (Fsp3) is 0.276. The van der Waals surface area contributed by atoms with Crippen LogP contribution in [-0.2, 0) is 17.5 Å². The second kappa shape index (κ2) is 10.5. The summed E-state index contributed by atoms with van der Waals surface area (Å²) in [5.74, 6) is -0.00166. The van der Waals surface area contributed by atoms with E-state index in [2.05, 4.69) is 15.3 Å². The van der Waals surface area contributed by atoms with Crippen molar-refractivity contribution < 1.29 is 18.0 Å². The third kappa shape index (κ3) is 6.28. The van der Waals surface area contributed by atoms with Crippen LogP contribution in [0.25, 0.3) is 33.3 Å². The van der Waals surface area contributed by atoms with Crippen LogP contribution in [0.15, 0.2) is 71.9 Å². The molecule has 7 nitrogen and oxygen atoms in total. The number of nitrogens with one attached hydrogen (secondary N) is 2. The second-order valence-corrected chi connectivity index (χ2v) is 10.1. The van der Waals surface area contributed by atoms with Crippen LogP contribution in [0.4, 0.5) is 18.9 Å². The summed E-state index contributed by atoms with van der Waals surface area (Å²) >= 11 is 0. The Kier molecular flexibility index (Phi) is 7.14. The van der Waals surface area contributed by atoms with E-state index in [1.807, 2.05) is 25.2 Å². The Balaban J connectivity index is 1.52. The predicted molar refractivity (Wildman–Crippen MR) is 145 cm³/mol. The van der Waals surface area contributed by atoms with E-state index in [4.69, 9.17) is 0 Å². The maximum atomic E-state index is 13.8. The van der Waals surface area contributed by atoms with Crippen LogP contribution < -0.4 is 10.9 Å². The number of nitrogens with zero attached hydrogens (tertiary/aromatic N) is 3. The lowest BCUT2D eigenvalue weighted by Crippen LogP contribution is -2.19. The number of pyridine rings is 2. The van der Waals surface area contributed by atoms with Gasteiger partial charge in [0.25, 0.3) is 5.56 Å². The predicted octanol–water partition coefficient (Wildman–Crippen LogP) is 5.54. The van der Waals surface area contributed by atoms with Crippen LogP contribution >= 0.6 is 0 Å². The zero-order valence-corrected chi connectivity index (χ0v) is 21.5. The monoisotopic (exact) mass is 535 g/mol. The van der Waals surface area contributed by atoms with Gasteiger partial charge in [0.05, 0.1) is 5.56 Å². The molecular weight excluding hydrogens is 507 g/mol. The summed E-state index contributed by atoms with van der Waals surface area (Å²) < 4.78 is 43.0. The van der Waals surface area contributed by atoms with Crippen molar-refractivity contribution in [2.45, 2.75) is 25.6 Å². The number of amides is 1. The second-order valence-electron chi connectivity index (χ2n) is 10.1. The van der Waals surface area contributed by atoms with Crippen LogP contribution in [0.2, 0.25) is 0 Å². The Morgan fingerprint density at radius 3 is 2.67 bits per heavy atom. The molecule has 1 aliphatic rings. The number of rotatable bonds is 8. The summed E-state index contributed by atoms with van der Waals surface area (Å²) in [5.41, 5.74) is 1.96. The van der Waals surface area contributed by atoms with E-state index in [0.29, 0.717) is 35.6 Å². The summed E-state index contributed by atoms with van der Waals surface area (Å²) in [4.78, 5) is 34.1. The van der Waals surface area contributed by atoms with Gasteiger partial charge in [-0.25, -0.2) is 4.98 Å². The third-order valence-corrected chi connectivity index (χ3v) is 6.58. The largest absolute Gasteiger partial charge is 0.416 e. The van der Waals surface area contributed by atoms with E-state index >= 15 is 0 Å². The summed E-state index contributed by atoms with van der Waals surface area (Å²) in [6, 6.07) is 8.49. The van der Waals surface area contributed by atoms with Crippen LogP contribution in [0.5, 0.6) is 0 Å². The Bertz CT molecular complexity index is 1610. The van der Waals surface area contributed by atoms with Gasteiger partial charge < -0.3 is 19.8 Å². The van der Waals surface area contributed by atoms with Crippen LogP contribution in [0, 0.1) is 5.92 Å². The number of fused-ring (bicyclic) bond motifs is 1. The number of carbonyl (C=O) groups excluding carboxylic acids is 1. The zero-order valence-electron chi connectivity index (χ0n) is 21.5. The maximum Gasteiger partial charge on any atom is 0.416 e. The van der Waals surface area contributed by atoms with Crippen molar-refractivity contribution in [3.63, 3.8) is 0 Å². The Hall–Kier alpha value is -4.18. The molecule has 4 aromatic rings. The Labute approximate surface area is 223 Å². The Morgan fingerprint density at radius 1 is 1.15 bits per heavy atom. The molecule has 0 spiro atoms. The average Bonchev–Trinajstić information content (AvgIpc) is 3.59. The number of alkyl halides is 3. The lowest BCUT2D eigenvalue weighted by atomic mass is 10.0. The number of likely N-dealkylation sites (N-methyl/N-ethyl adjacent to an activating group) is 1. The van der Waals surface area contributed by atoms with E-state index in [1.165, 1.54) is 24.4 Å². The standard InChI is InChI=1S/C29H28F3N5O2/c1-36(2)9-3-4-26(38)35-23-11-20(10-22(13-23)29(30,31)32)21-12-24-25(15-34-28(24)33-14-21)19-7-8-27(39)37(17-19)16-18-5-6-18/h3-4,7-8,10-15,17-18H,5-6,9,16H2,1-2H3,(H,33,34)(H,35,38). The number of hydrogen-bond donors (Lipinski definition) is 2. The molecule has 3 aromatic heterocycles. The fourth-order valence-corrected chi connectivity index (χ4v) is 4.40. The minimum Gasteiger partial charge on any atom is -0.346 e. The molecule has 1 saturated carbocycles. The van der Waals surface area contributed by atoms with Gasteiger partial charge in [-0.1, -0.05) is 6.08 Å². The fourth-order valence-electron chi connectivity index (χ4n) is 4.40. The lowest BCUT2D eigenvalue weighted by Gasteiger charge is -2.13. The first kappa shape index (κ1) is 26.4. The number of benzene rings is 1. The van der Waals surface area contributed by atoms with Gasteiger partial charge in [0.1, 0.15) is 5.65 Å². The first-order valence-electron chi connectivity index (χ1n) is 12.6. The van der Waals surface area contributed by atoms with Crippen molar-refractivity contribution in [2.24, 2.45) is 5.92 Å². The number of halogens is 3. The van der Waals surface area contributed by atoms with E-state index < -0.39 is 17.6 Å². The van der Waals surface area contributed by atoms with Crippen molar-refractivity contribution in [3.05, 3.63) is 83.1 Å². The molecule has 0 atom stereocenters. The molecule has 202 valence electrons. The van der Waals surface area contributed by atoms with Crippen molar-refractivity contribution in [1.29, 1.82) is 0 Å². The smallest absolute Gasteiger partial charge is 0.346 e. The average molecular weight is 536 g/mol. The van der Waals surface area contributed by atoms with E-state index in [0.717, 1.165) is 36.1 Å². The molecule has 10 heteroatoms. The van der Waals surface area contributed by atoms with Crippen molar-refractivity contribution in [3.8, 4) is 22.3 Å². The molecule has 1 aliphatic carbocycles. The minimum absolute atomic E-state index is 0.0286. The maximum absolute atomic E-state index is 13.8. The molecule has 1 fully saturated rings. The highest BCUT2D eigenvalue weighted by molar-refractivity contribution is 6.00. The van der Waals surface area contributed by atoms with Crippen LogP contribution in [0.1, 0.15) is 18.4 Å². The molecule has 0 radical (unpaired) electrons. The topological polar surface area (TPSA) is 83.0 Å². The van der Waals surface area contributed by atoms with Crippen molar-refractivity contribution >= 4 is 22.6 Å². The number of carbonyl (C=O) groups is 1. The minimum atomic E-state index is -4.61. The molecular formula is C29H28F3N5O2. The number of aromatic amines is 1. The van der Waals surface area contributed by atoms with Crippen molar-refractivity contribution in [1.82, 2.24) is 19.4 Å². The van der Waals surface area contributed by atoms with E-state index in [1.54, 1.807) is 29.0 Å². The number of H-pyrrole nitrogens is 1. The van der Waals surface area contributed by atoms with Gasteiger partial charge in [-0.15, -0.1) is 0 Å². The molecule has 0 aliphatic heterocycles. The Morgan fingerprint density at radius 2 is 1.95 bits per heavy atom. The number of hydrogen-bond acceptors (Lipinski definition) is 4. The molecule has 5 rings (SSSR count). The van der Waals surface area contributed by atoms with Crippen molar-refractivity contribution in [2.75, 3.05) is 26.0 Å². The molecule has 39 heavy (non-hydrogen) atoms. The van der Waals surface area contributed by atoms with Gasteiger partial charge in [-0.05, 0) is 68.8 Å². The normalized spacial score (nSPS) is 14.0. The van der Waals surface area contributed by atoms with Gasteiger partial charge in [0.15, 0.2) is 0 Å². The third-order valence-electron chi connectivity index (χ3n) is 6.58. The highest BCUT2D eigenvalue weighted by Crippen LogP contribution is 2.37. The first-order valence-corrected chi connectivity index (χ1v) is 12.6. The molecule has 2 N–H and O–H groups in total. The van der Waals surface area contributed by atoms with Gasteiger partial charge >= 0.3 is 6.18 Å². The summed E-state index contributed by atoms with van der Waals surface area (Å²) in [5, 5.41) is 3.24. The lowest BCUT2D eigenvalue weighted by molar-refractivity contribution is -0.137. The molecule has 0 unspecified atom stereocenters. The summed E-state index contributed by atoms with van der Waals surface area (Å²) in [6.07, 6.45) is 5.63. The summed E-state index contributed by atoms with van der Waals surface area (Å²) in [7, 11) is 3.68. The molecule has 1 amide bonds. The highest BCUT2D eigenvalue weighted by atomic mass is 19.4. The highest BCUT2D eigenvalue weighted by Gasteiger charge is 2.31. The van der Waals surface area contributed by atoms with Crippen LogP contribution in [-0.4, -0.2) is 46.0 Å². The SMILES string of the molecule is CN(C)CC=CC(=O)Nc1cc(-c2cnc3[nH]cc(-c4ccc(=O)n(CC5CC5)c4)c3c2)cc(C(F)(F)F)c1. The van der Waals surface area contributed by atoms with Crippen LogP contribution in [0.3, 0.4) is 0 Å². The molecule has 3 heterocycles. The van der Waals surface area contributed by atoms with E-state index in [9.17, 15) is 22.8 Å². The van der Waals surface area contributed by atoms with E-state index in [-0.39, 0.29) is 16.8 Å². The van der Waals surface area contributed by atoms with Gasteiger partial charge in [0, 0.05) is 71.6 Å². The van der Waals surface area contributed by atoms with Gasteiger partial charge in [-0.3, -0.25) is 9.59 Å². The number of anilines is 1.